The van der Waals surface area contributed by atoms with Gasteiger partial charge in [-0.3, -0.25) is 4.79 Å². The van der Waals surface area contributed by atoms with Crippen LogP contribution in [0, 0.1) is 0 Å². The third-order valence-corrected chi connectivity index (χ3v) is 2.80. The molecule has 0 unspecified atom stereocenters. The standard InChI is InChI=1S/C9H17NO5/c1-8(12-3)9(2,13-4)15-6(5-14-8)7(10)11/h6H,5H2,1-4H3,(H2,10,11)/t6-,8-,9-/m0/s1. The van der Waals surface area contributed by atoms with Gasteiger partial charge in [0.15, 0.2) is 6.10 Å². The molecular formula is C9H17NO5. The summed E-state index contributed by atoms with van der Waals surface area (Å²) in [6, 6.07) is 0. The molecule has 1 fully saturated rings. The maximum atomic E-state index is 11.0. The van der Waals surface area contributed by atoms with E-state index in [9.17, 15) is 4.79 Å². The number of rotatable bonds is 3. The van der Waals surface area contributed by atoms with Crippen molar-refractivity contribution in [3.8, 4) is 0 Å². The first-order chi connectivity index (χ1) is 6.88. The van der Waals surface area contributed by atoms with Gasteiger partial charge in [0.25, 0.3) is 0 Å². The van der Waals surface area contributed by atoms with Crippen molar-refractivity contribution >= 4 is 5.91 Å². The van der Waals surface area contributed by atoms with Crippen LogP contribution >= 0.6 is 0 Å². The zero-order valence-corrected chi connectivity index (χ0v) is 9.40. The molecule has 0 radical (unpaired) electrons. The number of methoxy groups -OCH3 is 2. The summed E-state index contributed by atoms with van der Waals surface area (Å²) in [4.78, 5) is 11.0. The van der Waals surface area contributed by atoms with E-state index in [2.05, 4.69) is 0 Å². The van der Waals surface area contributed by atoms with Crippen molar-refractivity contribution in [1.29, 1.82) is 0 Å². The summed E-state index contributed by atoms with van der Waals surface area (Å²) in [5.74, 6) is -2.82. The Labute approximate surface area is 88.6 Å². The van der Waals surface area contributed by atoms with Crippen LogP contribution in [0.5, 0.6) is 0 Å². The van der Waals surface area contributed by atoms with Crippen molar-refractivity contribution in [3.05, 3.63) is 0 Å². The van der Waals surface area contributed by atoms with Gasteiger partial charge in [-0.2, -0.15) is 0 Å². The average molecular weight is 219 g/mol. The Balaban J connectivity index is 2.88. The van der Waals surface area contributed by atoms with Gasteiger partial charge < -0.3 is 24.7 Å². The molecule has 15 heavy (non-hydrogen) atoms. The van der Waals surface area contributed by atoms with Gasteiger partial charge in [-0.05, 0) is 13.8 Å². The van der Waals surface area contributed by atoms with Gasteiger partial charge in [-0.25, -0.2) is 0 Å². The maximum Gasteiger partial charge on any atom is 0.249 e. The van der Waals surface area contributed by atoms with Crippen LogP contribution in [0.25, 0.3) is 0 Å². The van der Waals surface area contributed by atoms with Gasteiger partial charge in [-0.15, -0.1) is 0 Å². The summed E-state index contributed by atoms with van der Waals surface area (Å²) in [7, 11) is 2.93. The average Bonchev–Trinajstić information content (AvgIpc) is 2.22. The van der Waals surface area contributed by atoms with Crippen molar-refractivity contribution in [2.45, 2.75) is 31.5 Å². The second-order valence-corrected chi connectivity index (χ2v) is 3.62. The van der Waals surface area contributed by atoms with E-state index >= 15 is 0 Å². The molecular weight excluding hydrogens is 202 g/mol. The number of carbonyl (C=O) groups is 1. The van der Waals surface area contributed by atoms with Crippen LogP contribution in [0.3, 0.4) is 0 Å². The Hall–Kier alpha value is -0.690. The van der Waals surface area contributed by atoms with Crippen molar-refractivity contribution in [1.82, 2.24) is 0 Å². The van der Waals surface area contributed by atoms with Crippen LogP contribution in [-0.2, 0) is 23.7 Å². The Morgan fingerprint density at radius 3 is 2.27 bits per heavy atom. The van der Waals surface area contributed by atoms with Crippen LogP contribution in [0.2, 0.25) is 0 Å². The summed E-state index contributed by atoms with van der Waals surface area (Å²) in [5, 5.41) is 0. The molecule has 3 atom stereocenters. The van der Waals surface area contributed by atoms with E-state index in [1.807, 2.05) is 0 Å². The minimum absolute atomic E-state index is 0.0542. The number of carbonyl (C=O) groups excluding carboxylic acids is 1. The lowest BCUT2D eigenvalue weighted by atomic mass is 10.1. The normalized spacial score (nSPS) is 41.5. The van der Waals surface area contributed by atoms with Crippen LogP contribution in [0.1, 0.15) is 13.8 Å². The summed E-state index contributed by atoms with van der Waals surface area (Å²) in [6.45, 7) is 3.36. The molecule has 1 rings (SSSR count). The Bertz CT molecular complexity index is 259. The third kappa shape index (κ3) is 1.98. The molecule has 1 saturated heterocycles. The zero-order chi connectivity index (χ0) is 11.7. The lowest BCUT2D eigenvalue weighted by Crippen LogP contribution is -2.64. The number of amides is 1. The molecule has 0 aromatic heterocycles. The predicted octanol–water partition coefficient (Wildman–Crippen LogP) is -0.388. The lowest BCUT2D eigenvalue weighted by molar-refractivity contribution is -0.425. The van der Waals surface area contributed by atoms with Crippen LogP contribution in [0.15, 0.2) is 0 Å². The zero-order valence-electron chi connectivity index (χ0n) is 9.40. The quantitative estimate of drug-likeness (QED) is 0.699. The minimum atomic E-state index is -1.17. The Morgan fingerprint density at radius 2 is 1.87 bits per heavy atom. The molecule has 6 nitrogen and oxygen atoms in total. The van der Waals surface area contributed by atoms with Crippen molar-refractivity contribution in [3.63, 3.8) is 0 Å². The van der Waals surface area contributed by atoms with Crippen LogP contribution in [0.4, 0.5) is 0 Å². The van der Waals surface area contributed by atoms with Gasteiger partial charge in [0.1, 0.15) is 0 Å². The van der Waals surface area contributed by atoms with E-state index in [1.54, 1.807) is 13.8 Å². The second kappa shape index (κ2) is 4.05. The summed E-state index contributed by atoms with van der Waals surface area (Å²) < 4.78 is 21.2. The first-order valence-corrected chi connectivity index (χ1v) is 4.60. The van der Waals surface area contributed by atoms with Gasteiger partial charge in [0.2, 0.25) is 17.5 Å². The summed E-state index contributed by atoms with van der Waals surface area (Å²) >= 11 is 0. The van der Waals surface area contributed by atoms with Crippen LogP contribution in [-0.4, -0.2) is 44.4 Å². The summed E-state index contributed by atoms with van der Waals surface area (Å²) in [5.41, 5.74) is 5.13. The highest BCUT2D eigenvalue weighted by atomic mass is 16.8. The van der Waals surface area contributed by atoms with E-state index in [0.717, 1.165) is 0 Å². The fourth-order valence-electron chi connectivity index (χ4n) is 1.40. The second-order valence-electron chi connectivity index (χ2n) is 3.62. The number of nitrogens with two attached hydrogens (primary N) is 1. The number of hydrogen-bond donors (Lipinski definition) is 1. The van der Waals surface area contributed by atoms with E-state index < -0.39 is 23.6 Å². The third-order valence-electron chi connectivity index (χ3n) is 2.80. The van der Waals surface area contributed by atoms with E-state index in [-0.39, 0.29) is 6.61 Å². The molecule has 88 valence electrons. The Morgan fingerprint density at radius 1 is 1.33 bits per heavy atom. The first-order valence-electron chi connectivity index (χ1n) is 4.60. The first kappa shape index (κ1) is 12.4. The molecule has 2 N–H and O–H groups in total. The molecule has 1 aliphatic rings. The molecule has 0 aromatic rings. The number of hydrogen-bond acceptors (Lipinski definition) is 5. The molecule has 0 bridgehead atoms. The molecule has 0 saturated carbocycles. The predicted molar refractivity (Wildman–Crippen MR) is 50.8 cm³/mol. The van der Waals surface area contributed by atoms with Gasteiger partial charge >= 0.3 is 0 Å². The van der Waals surface area contributed by atoms with Crippen molar-refractivity contribution in [2.75, 3.05) is 20.8 Å². The fraction of sp³-hybridized carbons (Fsp3) is 0.889. The minimum Gasteiger partial charge on any atom is -0.367 e. The molecule has 1 heterocycles. The fourth-order valence-corrected chi connectivity index (χ4v) is 1.40. The van der Waals surface area contributed by atoms with Crippen LogP contribution < -0.4 is 5.73 Å². The highest BCUT2D eigenvalue weighted by Gasteiger charge is 2.54. The van der Waals surface area contributed by atoms with Crippen molar-refractivity contribution < 1.29 is 23.7 Å². The van der Waals surface area contributed by atoms with Gasteiger partial charge in [0, 0.05) is 14.2 Å². The SMILES string of the molecule is CO[C@@]1(C)OC[C@@H](C(N)=O)O[C@]1(C)OC. The molecule has 0 aromatic carbocycles. The number of ether oxygens (including phenoxy) is 4. The monoisotopic (exact) mass is 219 g/mol. The van der Waals surface area contributed by atoms with E-state index in [1.165, 1.54) is 14.2 Å². The molecule has 1 aliphatic heterocycles. The topological polar surface area (TPSA) is 80.0 Å². The molecule has 1 amide bonds. The summed E-state index contributed by atoms with van der Waals surface area (Å²) in [6.07, 6.45) is -0.821. The van der Waals surface area contributed by atoms with Gasteiger partial charge in [-0.1, -0.05) is 0 Å². The van der Waals surface area contributed by atoms with Gasteiger partial charge in [0.05, 0.1) is 6.61 Å². The lowest BCUT2D eigenvalue weighted by Gasteiger charge is -2.48. The molecule has 0 spiro atoms. The highest BCUT2D eigenvalue weighted by Crippen LogP contribution is 2.36. The molecule has 0 aliphatic carbocycles. The number of primary amides is 1. The van der Waals surface area contributed by atoms with E-state index in [0.29, 0.717) is 0 Å². The van der Waals surface area contributed by atoms with E-state index in [4.69, 9.17) is 24.7 Å². The largest absolute Gasteiger partial charge is 0.367 e. The molecule has 6 heteroatoms. The highest BCUT2D eigenvalue weighted by molar-refractivity contribution is 5.79. The maximum absolute atomic E-state index is 11.0. The smallest absolute Gasteiger partial charge is 0.249 e. The Kier molecular flexibility index (Phi) is 3.34. The van der Waals surface area contributed by atoms with Crippen molar-refractivity contribution in [2.24, 2.45) is 5.73 Å².